The van der Waals surface area contributed by atoms with Gasteiger partial charge in [0.2, 0.25) is 5.76 Å². The van der Waals surface area contributed by atoms with E-state index in [9.17, 15) is 4.79 Å². The number of carbonyl (C=O) groups excluding carboxylic acids is 1. The lowest BCUT2D eigenvalue weighted by molar-refractivity contribution is 0.0697. The highest BCUT2D eigenvalue weighted by molar-refractivity contribution is 5.88. The van der Waals surface area contributed by atoms with Crippen LogP contribution in [0.4, 0.5) is 0 Å². The van der Waals surface area contributed by atoms with Crippen molar-refractivity contribution in [2.75, 3.05) is 0 Å². The molecule has 0 unspecified atom stereocenters. The van der Waals surface area contributed by atoms with Crippen LogP contribution in [-0.2, 0) is 0 Å². The first-order valence-electron chi connectivity index (χ1n) is 6.49. The van der Waals surface area contributed by atoms with Gasteiger partial charge >= 0.3 is 5.97 Å². The van der Waals surface area contributed by atoms with Crippen LogP contribution in [0, 0.1) is 0 Å². The summed E-state index contributed by atoms with van der Waals surface area (Å²) < 4.78 is 21.1. The van der Waals surface area contributed by atoms with E-state index in [0.717, 1.165) is 0 Å². The van der Waals surface area contributed by atoms with Gasteiger partial charge in [0.05, 0.1) is 12.5 Å². The second kappa shape index (κ2) is 6.05. The van der Waals surface area contributed by atoms with Crippen molar-refractivity contribution < 1.29 is 23.1 Å². The normalized spacial score (nSPS) is 10.2. The van der Waals surface area contributed by atoms with E-state index in [1.54, 1.807) is 42.5 Å². The van der Waals surface area contributed by atoms with Gasteiger partial charge in [0.25, 0.3) is 0 Å². The summed E-state index contributed by atoms with van der Waals surface area (Å²) in [5, 5.41) is 0. The minimum absolute atomic E-state index is 0.111. The highest BCUT2D eigenvalue weighted by atomic mass is 16.6. The van der Waals surface area contributed by atoms with Gasteiger partial charge in [-0.25, -0.2) is 4.79 Å². The summed E-state index contributed by atoms with van der Waals surface area (Å²) in [6, 6.07) is 13.4. The van der Waals surface area contributed by atoms with Gasteiger partial charge in [0, 0.05) is 0 Å². The zero-order valence-electron chi connectivity index (χ0n) is 11.5. The van der Waals surface area contributed by atoms with Crippen LogP contribution < -0.4 is 9.47 Å². The second-order valence-corrected chi connectivity index (χ2v) is 4.32. The molecule has 0 N–H and O–H groups in total. The average molecular weight is 296 g/mol. The summed E-state index contributed by atoms with van der Waals surface area (Å²) in [4.78, 5) is 11.9. The van der Waals surface area contributed by atoms with Gasteiger partial charge in [-0.15, -0.1) is 0 Å². The van der Waals surface area contributed by atoms with Crippen LogP contribution in [0.15, 0.2) is 76.5 Å². The molecule has 3 aromatic rings. The van der Waals surface area contributed by atoms with Crippen molar-refractivity contribution in [1.29, 1.82) is 0 Å². The fourth-order valence-electron chi connectivity index (χ4n) is 1.78. The van der Waals surface area contributed by atoms with Crippen molar-refractivity contribution >= 4 is 11.7 Å². The highest BCUT2D eigenvalue weighted by Gasteiger charge is 2.15. The molecule has 2 aromatic heterocycles. The van der Waals surface area contributed by atoms with Crippen molar-refractivity contribution in [3.8, 4) is 11.5 Å². The molecule has 0 bridgehead atoms. The number of rotatable bonds is 5. The third-order valence-electron chi connectivity index (χ3n) is 2.80. The number of para-hydroxylation sites is 2. The lowest BCUT2D eigenvalue weighted by Gasteiger charge is -2.11. The van der Waals surface area contributed by atoms with Gasteiger partial charge in [0.1, 0.15) is 0 Å². The van der Waals surface area contributed by atoms with E-state index in [4.69, 9.17) is 18.3 Å². The molecule has 1 aromatic carbocycles. The molecule has 22 heavy (non-hydrogen) atoms. The van der Waals surface area contributed by atoms with Crippen LogP contribution in [0.2, 0.25) is 0 Å². The van der Waals surface area contributed by atoms with Crippen LogP contribution in [0.3, 0.4) is 0 Å². The highest BCUT2D eigenvalue weighted by Crippen LogP contribution is 2.30. The quantitative estimate of drug-likeness (QED) is 0.402. The Balaban J connectivity index is 1.78. The third-order valence-corrected chi connectivity index (χ3v) is 2.80. The summed E-state index contributed by atoms with van der Waals surface area (Å²) >= 11 is 0. The molecule has 110 valence electrons. The van der Waals surface area contributed by atoms with Crippen LogP contribution in [-0.4, -0.2) is 5.97 Å². The third kappa shape index (κ3) is 2.93. The molecule has 0 amide bonds. The molecule has 0 atom stereocenters. The van der Waals surface area contributed by atoms with Crippen LogP contribution in [0.1, 0.15) is 16.3 Å². The smallest absolute Gasteiger partial charge is 0.379 e. The molecule has 5 heteroatoms. The predicted octanol–water partition coefficient (Wildman–Crippen LogP) is 4.14. The molecule has 2 heterocycles. The SMILES string of the molecule is C=C(Oc1ccccc1OC(=O)c1ccco1)c1ccco1. The van der Waals surface area contributed by atoms with E-state index in [1.807, 2.05) is 0 Å². The number of benzene rings is 1. The molecule has 0 spiro atoms. The van der Waals surface area contributed by atoms with Gasteiger partial charge < -0.3 is 18.3 Å². The van der Waals surface area contributed by atoms with Gasteiger partial charge in [-0.3, -0.25) is 0 Å². The van der Waals surface area contributed by atoms with Crippen molar-refractivity contribution in [2.45, 2.75) is 0 Å². The van der Waals surface area contributed by atoms with Crippen molar-refractivity contribution in [2.24, 2.45) is 0 Å². The Morgan fingerprint density at radius 2 is 1.41 bits per heavy atom. The fraction of sp³-hybridized carbons (Fsp3) is 0. The van der Waals surface area contributed by atoms with E-state index in [2.05, 4.69) is 6.58 Å². The molecular formula is C17H12O5. The molecule has 0 radical (unpaired) electrons. The largest absolute Gasteiger partial charge is 0.461 e. The Labute approximate surface area is 126 Å². The predicted molar refractivity (Wildman–Crippen MR) is 78.5 cm³/mol. The van der Waals surface area contributed by atoms with E-state index in [1.165, 1.54) is 18.6 Å². The Morgan fingerprint density at radius 1 is 0.818 bits per heavy atom. The molecule has 0 aliphatic rings. The van der Waals surface area contributed by atoms with Gasteiger partial charge in [0.15, 0.2) is 23.0 Å². The summed E-state index contributed by atoms with van der Waals surface area (Å²) in [5.41, 5.74) is 0. The van der Waals surface area contributed by atoms with Gasteiger partial charge in [-0.2, -0.15) is 0 Å². The minimum atomic E-state index is -0.607. The lowest BCUT2D eigenvalue weighted by Crippen LogP contribution is -2.08. The molecule has 0 saturated heterocycles. The Morgan fingerprint density at radius 3 is 2.00 bits per heavy atom. The number of hydrogen-bond acceptors (Lipinski definition) is 5. The number of carbonyl (C=O) groups is 1. The first kappa shape index (κ1) is 13.8. The topological polar surface area (TPSA) is 61.8 Å². The van der Waals surface area contributed by atoms with Gasteiger partial charge in [-0.1, -0.05) is 18.7 Å². The molecule has 0 aliphatic heterocycles. The van der Waals surface area contributed by atoms with Crippen LogP contribution in [0.5, 0.6) is 11.5 Å². The molecule has 0 saturated carbocycles. The standard InChI is InChI=1S/C17H12O5/c1-12(13-8-4-10-19-13)21-14-6-2-3-7-15(14)22-17(18)16-9-5-11-20-16/h2-11H,1H2. The maximum absolute atomic E-state index is 11.9. The van der Waals surface area contributed by atoms with Crippen LogP contribution in [0.25, 0.3) is 5.76 Å². The summed E-state index contributed by atoms with van der Waals surface area (Å²) in [6.07, 6.45) is 2.92. The number of furan rings is 2. The van der Waals surface area contributed by atoms with E-state index in [0.29, 0.717) is 17.3 Å². The van der Waals surface area contributed by atoms with E-state index in [-0.39, 0.29) is 11.5 Å². The molecule has 0 fully saturated rings. The van der Waals surface area contributed by atoms with Crippen LogP contribution >= 0.6 is 0 Å². The summed E-state index contributed by atoms with van der Waals surface area (Å²) in [5.74, 6) is 0.920. The Bertz CT molecular complexity index is 702. The van der Waals surface area contributed by atoms with E-state index >= 15 is 0 Å². The van der Waals surface area contributed by atoms with Gasteiger partial charge in [-0.05, 0) is 36.4 Å². The molecule has 0 aliphatic carbocycles. The maximum Gasteiger partial charge on any atom is 0.379 e. The number of hydrogen-bond donors (Lipinski definition) is 0. The minimum Gasteiger partial charge on any atom is -0.461 e. The lowest BCUT2D eigenvalue weighted by atomic mass is 10.3. The first-order valence-corrected chi connectivity index (χ1v) is 6.49. The fourth-order valence-corrected chi connectivity index (χ4v) is 1.78. The van der Waals surface area contributed by atoms with Crippen molar-refractivity contribution in [3.63, 3.8) is 0 Å². The zero-order valence-corrected chi connectivity index (χ0v) is 11.5. The monoisotopic (exact) mass is 296 g/mol. The number of ether oxygens (including phenoxy) is 2. The summed E-state index contributed by atoms with van der Waals surface area (Å²) in [7, 11) is 0. The first-order chi connectivity index (χ1) is 10.7. The Hall–Kier alpha value is -3.21. The zero-order chi connectivity index (χ0) is 15.4. The van der Waals surface area contributed by atoms with E-state index < -0.39 is 5.97 Å². The van der Waals surface area contributed by atoms with Crippen molar-refractivity contribution in [3.05, 3.63) is 79.2 Å². The van der Waals surface area contributed by atoms with Crippen molar-refractivity contribution in [1.82, 2.24) is 0 Å². The Kier molecular flexibility index (Phi) is 3.78. The molecule has 5 nitrogen and oxygen atoms in total. The molecule has 3 rings (SSSR count). The molecular weight excluding hydrogens is 284 g/mol. The maximum atomic E-state index is 11.9. The average Bonchev–Trinajstić information content (AvgIpc) is 3.23. The summed E-state index contributed by atoms with van der Waals surface area (Å²) in [6.45, 7) is 3.79. The second-order valence-electron chi connectivity index (χ2n) is 4.32. The number of esters is 1.